The Morgan fingerprint density at radius 1 is 1.57 bits per heavy atom. The summed E-state index contributed by atoms with van der Waals surface area (Å²) in [5.74, 6) is 0.304. The molecule has 0 radical (unpaired) electrons. The van der Waals surface area contributed by atoms with Gasteiger partial charge in [0.1, 0.15) is 12.4 Å². The van der Waals surface area contributed by atoms with Crippen molar-refractivity contribution in [2.24, 2.45) is 0 Å². The van der Waals surface area contributed by atoms with Crippen molar-refractivity contribution < 1.29 is 14.5 Å². The maximum atomic E-state index is 10.6. The molecule has 78 valence electrons. The van der Waals surface area contributed by atoms with Gasteiger partial charge in [0.25, 0.3) is 5.82 Å². The van der Waals surface area contributed by atoms with Gasteiger partial charge in [0.15, 0.2) is 6.54 Å². The second kappa shape index (κ2) is 4.79. The van der Waals surface area contributed by atoms with Crippen molar-refractivity contribution in [3.63, 3.8) is 0 Å². The van der Waals surface area contributed by atoms with Crippen LogP contribution in [0.1, 0.15) is 26.1 Å². The summed E-state index contributed by atoms with van der Waals surface area (Å²) in [5, 5.41) is 8.71. The van der Waals surface area contributed by atoms with Crippen molar-refractivity contribution in [1.29, 1.82) is 0 Å². The second-order valence-electron chi connectivity index (χ2n) is 3.27. The zero-order valence-electron chi connectivity index (χ0n) is 8.73. The highest BCUT2D eigenvalue weighted by Crippen LogP contribution is 1.99. The molecule has 1 aromatic heterocycles. The summed E-state index contributed by atoms with van der Waals surface area (Å²) in [6.07, 6.45) is 5.73. The minimum Gasteiger partial charge on any atom is -0.478 e. The van der Waals surface area contributed by atoms with Crippen LogP contribution in [0.2, 0.25) is 0 Å². The zero-order chi connectivity index (χ0) is 10.6. The van der Waals surface area contributed by atoms with E-state index in [9.17, 15) is 4.79 Å². The first-order valence-corrected chi connectivity index (χ1v) is 4.98. The van der Waals surface area contributed by atoms with Crippen LogP contribution in [0.4, 0.5) is 0 Å². The van der Waals surface area contributed by atoms with Crippen molar-refractivity contribution in [3.8, 4) is 0 Å². The van der Waals surface area contributed by atoms with Gasteiger partial charge in [-0.3, -0.25) is 0 Å². The molecule has 1 aromatic rings. The molecule has 0 aliphatic rings. The second-order valence-corrected chi connectivity index (χ2v) is 3.27. The van der Waals surface area contributed by atoms with Crippen LogP contribution < -0.4 is 4.57 Å². The molecule has 0 aliphatic carbocycles. The highest BCUT2D eigenvalue weighted by Gasteiger charge is 2.16. The molecule has 0 unspecified atom stereocenters. The average molecular weight is 197 g/mol. The van der Waals surface area contributed by atoms with Gasteiger partial charge in [0.05, 0.1) is 6.54 Å². The third-order valence-corrected chi connectivity index (χ3v) is 2.21. The van der Waals surface area contributed by atoms with Crippen molar-refractivity contribution in [1.82, 2.24) is 4.57 Å². The van der Waals surface area contributed by atoms with Gasteiger partial charge in [-0.25, -0.2) is 13.9 Å². The molecule has 4 nitrogen and oxygen atoms in total. The lowest BCUT2D eigenvalue weighted by Crippen LogP contribution is -2.40. The molecule has 0 saturated heterocycles. The zero-order valence-corrected chi connectivity index (χ0v) is 8.73. The van der Waals surface area contributed by atoms with E-state index >= 15 is 0 Å². The van der Waals surface area contributed by atoms with E-state index in [1.807, 2.05) is 12.4 Å². The van der Waals surface area contributed by atoms with Crippen molar-refractivity contribution >= 4 is 5.97 Å². The minimum atomic E-state index is -0.791. The first-order valence-electron chi connectivity index (χ1n) is 4.98. The van der Waals surface area contributed by atoms with Crippen LogP contribution in [-0.2, 0) is 24.3 Å². The number of carboxylic acids is 1. The highest BCUT2D eigenvalue weighted by molar-refractivity contribution is 5.64. The summed E-state index contributed by atoms with van der Waals surface area (Å²) in [4.78, 5) is 10.6. The van der Waals surface area contributed by atoms with Crippen molar-refractivity contribution in [2.45, 2.75) is 39.8 Å². The molecule has 0 amide bonds. The van der Waals surface area contributed by atoms with Crippen molar-refractivity contribution in [3.05, 3.63) is 18.2 Å². The molecular formula is C10H17N2O2+. The molecule has 0 atom stereocenters. The van der Waals surface area contributed by atoms with Crippen LogP contribution in [0, 0.1) is 0 Å². The number of carbonyl (C=O) groups is 1. The quantitative estimate of drug-likeness (QED) is 0.711. The Morgan fingerprint density at radius 3 is 2.79 bits per heavy atom. The molecule has 14 heavy (non-hydrogen) atoms. The molecule has 0 spiro atoms. The van der Waals surface area contributed by atoms with Gasteiger partial charge in [0.2, 0.25) is 0 Å². The van der Waals surface area contributed by atoms with Crippen LogP contribution in [0.5, 0.6) is 0 Å². The van der Waals surface area contributed by atoms with Crippen LogP contribution in [-0.4, -0.2) is 15.6 Å². The van der Waals surface area contributed by atoms with Gasteiger partial charge in [-0.1, -0.05) is 6.92 Å². The lowest BCUT2D eigenvalue weighted by molar-refractivity contribution is -0.692. The molecule has 4 heteroatoms. The topological polar surface area (TPSA) is 46.1 Å². The van der Waals surface area contributed by atoms with Gasteiger partial charge in [-0.05, 0) is 13.3 Å². The lowest BCUT2D eigenvalue weighted by atomic mass is 10.3. The largest absolute Gasteiger partial charge is 0.478 e. The number of hydrogen-bond donors (Lipinski definition) is 1. The predicted octanol–water partition coefficient (Wildman–Crippen LogP) is 0.833. The standard InChI is InChI=1S/C10H16N2O2/c1-3-5-9-11(4-2)6-7-12(9)8-10(13)14/h6-7H,3-5,8H2,1-2H3/p+1. The molecule has 1 heterocycles. The predicted molar refractivity (Wildman–Crippen MR) is 51.9 cm³/mol. The van der Waals surface area contributed by atoms with E-state index in [-0.39, 0.29) is 6.54 Å². The molecule has 0 fully saturated rings. The Labute approximate surface area is 83.8 Å². The fourth-order valence-electron chi connectivity index (χ4n) is 1.59. The molecule has 0 aromatic carbocycles. The SMILES string of the molecule is CCCc1n(CC)cc[n+]1CC(=O)O. The third kappa shape index (κ3) is 2.34. The van der Waals surface area contributed by atoms with E-state index in [1.165, 1.54) is 0 Å². The molecule has 1 rings (SSSR count). The van der Waals surface area contributed by atoms with Gasteiger partial charge in [0, 0.05) is 6.42 Å². The summed E-state index contributed by atoms with van der Waals surface area (Å²) >= 11 is 0. The highest BCUT2D eigenvalue weighted by atomic mass is 16.4. The third-order valence-electron chi connectivity index (χ3n) is 2.21. The summed E-state index contributed by atoms with van der Waals surface area (Å²) < 4.78 is 3.89. The number of aliphatic carboxylic acids is 1. The molecule has 0 aliphatic heterocycles. The van der Waals surface area contributed by atoms with E-state index in [2.05, 4.69) is 18.4 Å². The molecular weight excluding hydrogens is 180 g/mol. The van der Waals surface area contributed by atoms with E-state index in [1.54, 1.807) is 4.57 Å². The number of aromatic nitrogens is 2. The summed E-state index contributed by atoms with van der Waals surface area (Å²) in [7, 11) is 0. The van der Waals surface area contributed by atoms with Crippen molar-refractivity contribution in [2.75, 3.05) is 0 Å². The maximum absolute atomic E-state index is 10.6. The first-order chi connectivity index (χ1) is 6.69. The molecule has 0 saturated carbocycles. The Balaban J connectivity index is 2.91. The number of carboxylic acid groups (broad SMARTS) is 1. The van der Waals surface area contributed by atoms with E-state index in [0.29, 0.717) is 0 Å². The van der Waals surface area contributed by atoms with Crippen LogP contribution in [0.3, 0.4) is 0 Å². The van der Waals surface area contributed by atoms with Gasteiger partial charge in [-0.2, -0.15) is 0 Å². The Hall–Kier alpha value is -1.32. The number of imidazole rings is 1. The average Bonchev–Trinajstić information content (AvgIpc) is 2.48. The molecule has 1 N–H and O–H groups in total. The van der Waals surface area contributed by atoms with E-state index < -0.39 is 5.97 Å². The first kappa shape index (κ1) is 10.8. The Bertz CT molecular complexity index is 318. The Kier molecular flexibility index (Phi) is 3.68. The van der Waals surface area contributed by atoms with Crippen LogP contribution in [0.15, 0.2) is 12.4 Å². The summed E-state index contributed by atoms with van der Waals surface area (Å²) in [6, 6.07) is 0. The fourth-order valence-corrected chi connectivity index (χ4v) is 1.59. The summed E-state index contributed by atoms with van der Waals surface area (Å²) in [6.45, 7) is 5.10. The maximum Gasteiger partial charge on any atom is 0.346 e. The lowest BCUT2D eigenvalue weighted by Gasteiger charge is -2.00. The monoisotopic (exact) mass is 197 g/mol. The van der Waals surface area contributed by atoms with Crippen LogP contribution in [0.25, 0.3) is 0 Å². The Morgan fingerprint density at radius 2 is 2.29 bits per heavy atom. The smallest absolute Gasteiger partial charge is 0.346 e. The van der Waals surface area contributed by atoms with E-state index in [4.69, 9.17) is 5.11 Å². The van der Waals surface area contributed by atoms with Gasteiger partial charge >= 0.3 is 5.97 Å². The minimum absolute atomic E-state index is 0.0579. The molecule has 0 bridgehead atoms. The summed E-state index contributed by atoms with van der Waals surface area (Å²) in [5.41, 5.74) is 0. The number of aryl methyl sites for hydroxylation is 1. The number of nitrogens with zero attached hydrogens (tertiary/aromatic N) is 2. The van der Waals surface area contributed by atoms with Gasteiger partial charge in [-0.15, -0.1) is 0 Å². The van der Waals surface area contributed by atoms with E-state index in [0.717, 1.165) is 25.2 Å². The van der Waals surface area contributed by atoms with Gasteiger partial charge < -0.3 is 5.11 Å². The fraction of sp³-hybridized carbons (Fsp3) is 0.600. The normalized spacial score (nSPS) is 10.4. The number of hydrogen-bond acceptors (Lipinski definition) is 1. The number of rotatable bonds is 5. The van der Waals surface area contributed by atoms with Crippen LogP contribution >= 0.6 is 0 Å².